The fourth-order valence-corrected chi connectivity index (χ4v) is 4.52. The number of benzene rings is 1. The van der Waals surface area contributed by atoms with E-state index in [1.807, 2.05) is 6.92 Å². The van der Waals surface area contributed by atoms with Gasteiger partial charge in [-0.2, -0.15) is 0 Å². The minimum atomic E-state index is -0.360. The first-order valence-electron chi connectivity index (χ1n) is 8.94. The van der Waals surface area contributed by atoms with Crippen LogP contribution in [0.1, 0.15) is 56.8 Å². The van der Waals surface area contributed by atoms with Crippen LogP contribution in [0.15, 0.2) is 28.6 Å². The molecule has 1 heterocycles. The highest BCUT2D eigenvalue weighted by molar-refractivity contribution is 7.07. The minimum absolute atomic E-state index is 0.117. The maximum absolute atomic E-state index is 10.9. The van der Waals surface area contributed by atoms with Gasteiger partial charge in [-0.05, 0) is 43.7 Å². The zero-order chi connectivity index (χ0) is 18.0. The Kier molecular flexibility index (Phi) is 5.37. The Morgan fingerprint density at radius 3 is 2.68 bits per heavy atom. The van der Waals surface area contributed by atoms with Gasteiger partial charge >= 0.3 is 0 Å². The van der Waals surface area contributed by atoms with E-state index in [4.69, 9.17) is 4.99 Å². The van der Waals surface area contributed by atoms with Crippen molar-refractivity contribution < 1.29 is 4.92 Å². The Morgan fingerprint density at radius 2 is 2.08 bits per heavy atom. The summed E-state index contributed by atoms with van der Waals surface area (Å²) in [6, 6.07) is 5.43. The molecule has 0 radical (unpaired) electrons. The molecule has 0 aliphatic heterocycles. The standard InChI is InChI=1S/C19H25N3O2S/c1-13(2)10-17-12-25-19(21(17)15-6-4-5-7-15)20-18-9-8-16(22(23)24)11-14(18)3/h8-9,11-13,15H,4-7,10H2,1-3H3. The number of hydrogen-bond acceptors (Lipinski definition) is 4. The van der Waals surface area contributed by atoms with E-state index < -0.39 is 0 Å². The summed E-state index contributed by atoms with van der Waals surface area (Å²) in [5, 5.41) is 13.2. The molecule has 6 heteroatoms. The van der Waals surface area contributed by atoms with E-state index in [2.05, 4.69) is 23.8 Å². The number of aromatic nitrogens is 1. The lowest BCUT2D eigenvalue weighted by atomic mass is 10.1. The molecule has 1 aromatic carbocycles. The predicted octanol–water partition coefficient (Wildman–Crippen LogP) is 5.31. The van der Waals surface area contributed by atoms with Crippen molar-refractivity contribution in [3.63, 3.8) is 0 Å². The lowest BCUT2D eigenvalue weighted by Crippen LogP contribution is -2.22. The van der Waals surface area contributed by atoms with Crippen LogP contribution in [0.2, 0.25) is 0 Å². The molecule has 5 nitrogen and oxygen atoms in total. The average Bonchev–Trinajstić information content (AvgIpc) is 3.18. The van der Waals surface area contributed by atoms with Crippen molar-refractivity contribution in [3.05, 3.63) is 49.8 Å². The fraction of sp³-hybridized carbons (Fsp3) is 0.526. The normalized spacial score (nSPS) is 16.1. The summed E-state index contributed by atoms with van der Waals surface area (Å²) in [7, 11) is 0. The Labute approximate surface area is 152 Å². The first-order valence-corrected chi connectivity index (χ1v) is 9.82. The van der Waals surface area contributed by atoms with Crippen LogP contribution in [0.3, 0.4) is 0 Å². The molecule has 1 saturated carbocycles. The van der Waals surface area contributed by atoms with Crippen molar-refractivity contribution >= 4 is 22.7 Å². The van der Waals surface area contributed by atoms with Crippen LogP contribution in [0.5, 0.6) is 0 Å². The largest absolute Gasteiger partial charge is 0.318 e. The van der Waals surface area contributed by atoms with E-state index in [-0.39, 0.29) is 10.6 Å². The molecule has 1 aliphatic carbocycles. The molecule has 1 aliphatic rings. The Bertz CT molecular complexity index is 829. The quantitative estimate of drug-likeness (QED) is 0.536. The van der Waals surface area contributed by atoms with Crippen molar-refractivity contribution in [2.45, 2.75) is 58.9 Å². The maximum atomic E-state index is 10.9. The second kappa shape index (κ2) is 7.52. The van der Waals surface area contributed by atoms with Gasteiger partial charge in [0.05, 0.1) is 10.6 Å². The minimum Gasteiger partial charge on any atom is -0.318 e. The summed E-state index contributed by atoms with van der Waals surface area (Å²) in [4.78, 5) is 16.5. The van der Waals surface area contributed by atoms with Crippen LogP contribution in [0, 0.1) is 23.0 Å². The van der Waals surface area contributed by atoms with Crippen molar-refractivity contribution in [1.82, 2.24) is 4.57 Å². The molecular formula is C19H25N3O2S. The van der Waals surface area contributed by atoms with E-state index in [1.165, 1.54) is 37.4 Å². The fourth-order valence-electron chi connectivity index (χ4n) is 3.54. The first-order chi connectivity index (χ1) is 12.0. The maximum Gasteiger partial charge on any atom is 0.269 e. The smallest absolute Gasteiger partial charge is 0.269 e. The molecular weight excluding hydrogens is 334 g/mol. The second-order valence-corrected chi connectivity index (χ2v) is 8.09. The average molecular weight is 359 g/mol. The van der Waals surface area contributed by atoms with Gasteiger partial charge in [0.2, 0.25) is 0 Å². The van der Waals surface area contributed by atoms with E-state index in [0.717, 1.165) is 22.5 Å². The van der Waals surface area contributed by atoms with Gasteiger partial charge in [0.1, 0.15) is 0 Å². The van der Waals surface area contributed by atoms with Crippen LogP contribution in [-0.4, -0.2) is 9.49 Å². The molecule has 0 saturated heterocycles. The van der Waals surface area contributed by atoms with Gasteiger partial charge in [0, 0.05) is 29.2 Å². The summed E-state index contributed by atoms with van der Waals surface area (Å²) in [6.07, 6.45) is 6.06. The van der Waals surface area contributed by atoms with E-state index in [1.54, 1.807) is 23.5 Å². The van der Waals surface area contributed by atoms with E-state index in [9.17, 15) is 10.1 Å². The highest BCUT2D eigenvalue weighted by Gasteiger charge is 2.21. The molecule has 3 rings (SSSR count). The molecule has 1 fully saturated rings. The number of thiazole rings is 1. The molecule has 0 N–H and O–H groups in total. The third kappa shape index (κ3) is 4.00. The highest BCUT2D eigenvalue weighted by Crippen LogP contribution is 2.31. The Balaban J connectivity index is 2.05. The van der Waals surface area contributed by atoms with E-state index in [0.29, 0.717) is 12.0 Å². The zero-order valence-corrected chi connectivity index (χ0v) is 15.9. The Hall–Kier alpha value is -1.95. The van der Waals surface area contributed by atoms with Crippen LogP contribution in [0.4, 0.5) is 11.4 Å². The molecule has 0 spiro atoms. The molecule has 0 bridgehead atoms. The summed E-state index contributed by atoms with van der Waals surface area (Å²) in [5.41, 5.74) is 3.14. The molecule has 0 amide bonds. The third-order valence-electron chi connectivity index (χ3n) is 4.73. The number of aryl methyl sites for hydroxylation is 1. The summed E-state index contributed by atoms with van der Waals surface area (Å²) in [5.74, 6) is 0.608. The zero-order valence-electron chi connectivity index (χ0n) is 15.1. The van der Waals surface area contributed by atoms with Crippen molar-refractivity contribution in [2.75, 3.05) is 0 Å². The van der Waals surface area contributed by atoms with Crippen molar-refractivity contribution in [2.24, 2.45) is 10.9 Å². The molecule has 1 aromatic heterocycles. The molecule has 2 aromatic rings. The van der Waals surface area contributed by atoms with Gasteiger partial charge in [-0.3, -0.25) is 10.1 Å². The Morgan fingerprint density at radius 1 is 1.36 bits per heavy atom. The van der Waals surface area contributed by atoms with Crippen LogP contribution in [0.25, 0.3) is 0 Å². The van der Waals surface area contributed by atoms with Crippen molar-refractivity contribution in [1.29, 1.82) is 0 Å². The number of non-ortho nitro benzene ring substituents is 1. The van der Waals surface area contributed by atoms with E-state index >= 15 is 0 Å². The SMILES string of the molecule is Cc1cc([N+](=O)[O-])ccc1N=c1scc(CC(C)C)n1C1CCCC1. The van der Waals surface area contributed by atoms with Gasteiger partial charge in [-0.1, -0.05) is 26.7 Å². The molecule has 25 heavy (non-hydrogen) atoms. The predicted molar refractivity (Wildman–Crippen MR) is 101 cm³/mol. The summed E-state index contributed by atoms with van der Waals surface area (Å²) < 4.78 is 2.43. The number of nitro benzene ring substituents is 1. The first kappa shape index (κ1) is 17.9. The second-order valence-electron chi connectivity index (χ2n) is 7.26. The lowest BCUT2D eigenvalue weighted by molar-refractivity contribution is -0.384. The van der Waals surface area contributed by atoms with Crippen molar-refractivity contribution in [3.8, 4) is 0 Å². The number of hydrogen-bond donors (Lipinski definition) is 0. The number of rotatable bonds is 5. The summed E-state index contributed by atoms with van der Waals surface area (Å²) >= 11 is 1.68. The molecule has 0 unspecified atom stereocenters. The monoisotopic (exact) mass is 359 g/mol. The van der Waals surface area contributed by atoms with Crippen LogP contribution in [-0.2, 0) is 6.42 Å². The molecule has 134 valence electrons. The number of nitrogens with zero attached hydrogens (tertiary/aromatic N) is 3. The van der Waals surface area contributed by atoms with Gasteiger partial charge < -0.3 is 4.57 Å². The van der Waals surface area contributed by atoms with Gasteiger partial charge in [0.25, 0.3) is 5.69 Å². The lowest BCUT2D eigenvalue weighted by Gasteiger charge is -2.17. The van der Waals surface area contributed by atoms with Gasteiger partial charge in [-0.25, -0.2) is 4.99 Å². The third-order valence-corrected chi connectivity index (χ3v) is 5.62. The topological polar surface area (TPSA) is 60.4 Å². The van der Waals surface area contributed by atoms with Gasteiger partial charge in [-0.15, -0.1) is 11.3 Å². The highest BCUT2D eigenvalue weighted by atomic mass is 32.1. The summed E-state index contributed by atoms with van der Waals surface area (Å²) in [6.45, 7) is 6.37. The van der Waals surface area contributed by atoms with Gasteiger partial charge in [0.15, 0.2) is 4.80 Å². The number of nitro groups is 1. The van der Waals surface area contributed by atoms with Crippen LogP contribution >= 0.6 is 11.3 Å². The van der Waals surface area contributed by atoms with Crippen LogP contribution < -0.4 is 4.80 Å². The molecule has 0 atom stereocenters.